The topological polar surface area (TPSA) is 101 Å². The zero-order chi connectivity index (χ0) is 16.9. The Labute approximate surface area is 139 Å². The maximum Gasteiger partial charge on any atom is 0.270 e. The van der Waals surface area contributed by atoms with Gasteiger partial charge in [0.2, 0.25) is 15.4 Å². The van der Waals surface area contributed by atoms with Crippen LogP contribution in [0.1, 0.15) is 38.3 Å². The summed E-state index contributed by atoms with van der Waals surface area (Å²) in [6, 6.07) is 8.97. The molecule has 1 atom stereocenters. The molecule has 0 aliphatic heterocycles. The van der Waals surface area contributed by atoms with Gasteiger partial charge in [0.1, 0.15) is 0 Å². The fourth-order valence-corrected chi connectivity index (χ4v) is 4.13. The summed E-state index contributed by atoms with van der Waals surface area (Å²) in [5.41, 5.74) is 0.877. The first-order chi connectivity index (χ1) is 11.0. The second-order valence-electron chi connectivity index (χ2n) is 4.77. The van der Waals surface area contributed by atoms with Gasteiger partial charge in [0.25, 0.3) is 10.0 Å². The second kappa shape index (κ2) is 7.62. The minimum absolute atomic E-state index is 0.168. The molecule has 0 fully saturated rings. The van der Waals surface area contributed by atoms with E-state index in [-0.39, 0.29) is 27.8 Å². The number of carbonyl (C=O) groups excluding carboxylic acids is 1. The van der Waals surface area contributed by atoms with Gasteiger partial charge in [-0.05, 0) is 12.0 Å². The van der Waals surface area contributed by atoms with Crippen molar-refractivity contribution in [1.82, 2.24) is 14.9 Å². The van der Waals surface area contributed by atoms with Gasteiger partial charge in [0.05, 0.1) is 0 Å². The van der Waals surface area contributed by atoms with Crippen LogP contribution in [0.25, 0.3) is 0 Å². The van der Waals surface area contributed by atoms with E-state index in [1.54, 1.807) is 6.92 Å². The van der Waals surface area contributed by atoms with Crippen molar-refractivity contribution in [3.63, 3.8) is 0 Å². The molecular formula is C14H18N4O3S2. The molecule has 0 radical (unpaired) electrons. The number of sulfonamides is 1. The highest BCUT2D eigenvalue weighted by Gasteiger charge is 2.24. The van der Waals surface area contributed by atoms with Crippen molar-refractivity contribution in [2.75, 3.05) is 5.32 Å². The van der Waals surface area contributed by atoms with Crippen molar-refractivity contribution in [3.05, 3.63) is 35.9 Å². The fraction of sp³-hybridized carbons (Fsp3) is 0.357. The number of aromatic nitrogens is 2. The average Bonchev–Trinajstić information content (AvgIpc) is 3.02. The predicted molar refractivity (Wildman–Crippen MR) is 88.6 cm³/mol. The van der Waals surface area contributed by atoms with Crippen molar-refractivity contribution in [3.8, 4) is 0 Å². The van der Waals surface area contributed by atoms with Crippen LogP contribution in [0.4, 0.5) is 5.13 Å². The molecule has 0 spiro atoms. The molecule has 1 unspecified atom stereocenters. The van der Waals surface area contributed by atoms with Gasteiger partial charge in [0, 0.05) is 12.5 Å². The quantitative estimate of drug-likeness (QED) is 0.743. The van der Waals surface area contributed by atoms with Crippen LogP contribution in [0.5, 0.6) is 0 Å². The summed E-state index contributed by atoms with van der Waals surface area (Å²) in [5.74, 6) is -0.242. The van der Waals surface area contributed by atoms with Gasteiger partial charge in [-0.1, -0.05) is 55.5 Å². The number of hydrogen-bond acceptors (Lipinski definition) is 6. The lowest BCUT2D eigenvalue weighted by Crippen LogP contribution is -2.28. The molecule has 1 aromatic carbocycles. The highest BCUT2D eigenvalue weighted by atomic mass is 32.2. The summed E-state index contributed by atoms with van der Waals surface area (Å²) < 4.78 is 27.3. The van der Waals surface area contributed by atoms with E-state index in [0.717, 1.165) is 16.9 Å². The molecule has 1 aromatic heterocycles. The smallest absolute Gasteiger partial charge is 0.270 e. The first kappa shape index (κ1) is 17.5. The Hall–Kier alpha value is -1.84. The number of nitrogens with zero attached hydrogens (tertiary/aromatic N) is 2. The molecule has 9 heteroatoms. The third kappa shape index (κ3) is 4.57. The average molecular weight is 354 g/mol. The Morgan fingerprint density at radius 1 is 1.22 bits per heavy atom. The summed E-state index contributed by atoms with van der Waals surface area (Å²) in [7, 11) is -3.80. The lowest BCUT2D eigenvalue weighted by atomic mass is 10.1. The summed E-state index contributed by atoms with van der Waals surface area (Å²) in [5, 5.41) is 10.0. The van der Waals surface area contributed by atoms with Gasteiger partial charge >= 0.3 is 0 Å². The monoisotopic (exact) mass is 354 g/mol. The van der Waals surface area contributed by atoms with Crippen molar-refractivity contribution < 1.29 is 13.2 Å². The molecule has 1 heterocycles. The van der Waals surface area contributed by atoms with Gasteiger partial charge < -0.3 is 5.32 Å². The number of benzene rings is 1. The Morgan fingerprint density at radius 3 is 2.52 bits per heavy atom. The molecule has 124 valence electrons. The molecule has 2 aromatic rings. The van der Waals surface area contributed by atoms with E-state index in [2.05, 4.69) is 20.2 Å². The molecule has 2 N–H and O–H groups in total. The molecule has 23 heavy (non-hydrogen) atoms. The van der Waals surface area contributed by atoms with E-state index in [4.69, 9.17) is 0 Å². The van der Waals surface area contributed by atoms with Crippen LogP contribution in [0, 0.1) is 0 Å². The summed E-state index contributed by atoms with van der Waals surface area (Å²) in [4.78, 5) is 11.3. The number of amides is 1. The van der Waals surface area contributed by atoms with E-state index in [1.165, 1.54) is 0 Å². The Morgan fingerprint density at radius 2 is 1.91 bits per heavy atom. The maximum absolute atomic E-state index is 12.4. The van der Waals surface area contributed by atoms with Gasteiger partial charge in [-0.2, -0.15) is 0 Å². The highest BCUT2D eigenvalue weighted by molar-refractivity contribution is 7.91. The molecule has 0 saturated heterocycles. The summed E-state index contributed by atoms with van der Waals surface area (Å²) >= 11 is 0.827. The third-order valence-corrected chi connectivity index (χ3v) is 5.79. The zero-order valence-electron chi connectivity index (χ0n) is 12.8. The molecule has 0 saturated carbocycles. The van der Waals surface area contributed by atoms with Gasteiger partial charge in [0.15, 0.2) is 0 Å². The van der Waals surface area contributed by atoms with Crippen LogP contribution >= 0.6 is 11.3 Å². The number of anilines is 1. The van der Waals surface area contributed by atoms with E-state index in [1.807, 2.05) is 37.3 Å². The van der Waals surface area contributed by atoms with E-state index >= 15 is 0 Å². The SMILES string of the molecule is CCC(=O)Nc1nnc(S(=O)(=O)NC(CC)c2ccccc2)s1. The van der Waals surface area contributed by atoms with Crippen LogP contribution in [0.15, 0.2) is 34.7 Å². The Balaban J connectivity index is 2.16. The number of rotatable bonds is 7. The Bertz CT molecular complexity index is 759. The third-order valence-electron chi connectivity index (χ3n) is 3.11. The van der Waals surface area contributed by atoms with Crippen LogP contribution < -0.4 is 10.0 Å². The maximum atomic E-state index is 12.4. The lowest BCUT2D eigenvalue weighted by molar-refractivity contribution is -0.115. The van der Waals surface area contributed by atoms with Crippen molar-refractivity contribution >= 4 is 32.4 Å². The minimum Gasteiger partial charge on any atom is -0.301 e. The predicted octanol–water partition coefficient (Wildman–Crippen LogP) is 2.32. The molecule has 0 bridgehead atoms. The first-order valence-electron chi connectivity index (χ1n) is 7.17. The number of carbonyl (C=O) groups is 1. The zero-order valence-corrected chi connectivity index (χ0v) is 14.4. The summed E-state index contributed by atoms with van der Waals surface area (Å²) in [6.07, 6.45) is 0.882. The van der Waals surface area contributed by atoms with Crippen molar-refractivity contribution in [1.29, 1.82) is 0 Å². The van der Waals surface area contributed by atoms with E-state index in [0.29, 0.717) is 6.42 Å². The van der Waals surface area contributed by atoms with Gasteiger partial charge in [-0.25, -0.2) is 13.1 Å². The lowest BCUT2D eigenvalue weighted by Gasteiger charge is -2.16. The van der Waals surface area contributed by atoms with Crippen LogP contribution in [-0.2, 0) is 14.8 Å². The highest BCUT2D eigenvalue weighted by Crippen LogP contribution is 2.23. The van der Waals surface area contributed by atoms with Crippen LogP contribution in [0.2, 0.25) is 0 Å². The summed E-state index contributed by atoms with van der Waals surface area (Å²) in [6.45, 7) is 3.59. The molecule has 0 aliphatic carbocycles. The number of hydrogen-bond donors (Lipinski definition) is 2. The largest absolute Gasteiger partial charge is 0.301 e. The second-order valence-corrected chi connectivity index (χ2v) is 7.63. The van der Waals surface area contributed by atoms with E-state index < -0.39 is 10.0 Å². The Kier molecular flexibility index (Phi) is 5.80. The first-order valence-corrected chi connectivity index (χ1v) is 9.46. The molecule has 0 aliphatic rings. The minimum atomic E-state index is -3.80. The van der Waals surface area contributed by atoms with Gasteiger partial charge in [-0.3, -0.25) is 4.79 Å². The van der Waals surface area contributed by atoms with Crippen molar-refractivity contribution in [2.45, 2.75) is 37.1 Å². The molecule has 2 rings (SSSR count). The molecule has 7 nitrogen and oxygen atoms in total. The normalized spacial score (nSPS) is 12.8. The van der Waals surface area contributed by atoms with Crippen molar-refractivity contribution in [2.24, 2.45) is 0 Å². The van der Waals surface area contributed by atoms with Crippen LogP contribution in [0.3, 0.4) is 0 Å². The van der Waals surface area contributed by atoms with Gasteiger partial charge in [-0.15, -0.1) is 10.2 Å². The van der Waals surface area contributed by atoms with Crippen LogP contribution in [-0.4, -0.2) is 24.5 Å². The molecular weight excluding hydrogens is 336 g/mol. The fourth-order valence-electron chi connectivity index (χ4n) is 1.89. The van der Waals surface area contributed by atoms with E-state index in [9.17, 15) is 13.2 Å². The standard InChI is InChI=1S/C14H18N4O3S2/c1-3-11(10-8-6-5-7-9-10)18-23(20,21)14-17-16-13(22-14)15-12(19)4-2/h5-9,11,18H,3-4H2,1-2H3,(H,15,16,19). The number of nitrogens with one attached hydrogen (secondary N) is 2. The molecule has 1 amide bonds.